The van der Waals surface area contributed by atoms with E-state index in [1.807, 2.05) is 29.6 Å². The molecule has 0 spiro atoms. The van der Waals surface area contributed by atoms with Crippen LogP contribution in [0.1, 0.15) is 17.2 Å². The second-order valence-corrected chi connectivity index (χ2v) is 5.93. The van der Waals surface area contributed by atoms with Gasteiger partial charge in [-0.25, -0.2) is 0 Å². The summed E-state index contributed by atoms with van der Waals surface area (Å²) in [5.74, 6) is 0. The van der Waals surface area contributed by atoms with Gasteiger partial charge in [0.15, 0.2) is 0 Å². The van der Waals surface area contributed by atoms with Gasteiger partial charge in [0.2, 0.25) is 0 Å². The first-order valence-corrected chi connectivity index (χ1v) is 7.40. The first-order valence-electron chi connectivity index (χ1n) is 5.76. The highest BCUT2D eigenvalue weighted by Crippen LogP contribution is 2.37. The maximum Gasteiger partial charge on any atom is 0.107 e. The van der Waals surface area contributed by atoms with Crippen LogP contribution >= 0.6 is 34.5 Å². The molecule has 0 bridgehead atoms. The van der Waals surface area contributed by atoms with Gasteiger partial charge in [-0.05, 0) is 22.9 Å². The van der Waals surface area contributed by atoms with Gasteiger partial charge in [-0.1, -0.05) is 53.5 Å². The SMILES string of the molecule is OC(c1cccc(Cl)c1Cl)c1csc2ccccc12. The van der Waals surface area contributed by atoms with Crippen molar-refractivity contribution in [3.05, 3.63) is 69.0 Å². The summed E-state index contributed by atoms with van der Waals surface area (Å²) >= 11 is 13.8. The number of hydrogen-bond acceptors (Lipinski definition) is 2. The minimum Gasteiger partial charge on any atom is -0.384 e. The van der Waals surface area contributed by atoms with Crippen LogP contribution in [-0.2, 0) is 0 Å². The maximum atomic E-state index is 10.5. The molecule has 0 saturated heterocycles. The summed E-state index contributed by atoms with van der Waals surface area (Å²) in [6.45, 7) is 0. The van der Waals surface area contributed by atoms with Crippen LogP contribution in [-0.4, -0.2) is 5.11 Å². The van der Waals surface area contributed by atoms with E-state index in [0.29, 0.717) is 15.6 Å². The highest BCUT2D eigenvalue weighted by Gasteiger charge is 2.18. The van der Waals surface area contributed by atoms with Crippen molar-refractivity contribution < 1.29 is 5.11 Å². The standard InChI is InChI=1S/C15H10Cl2OS/c16-12-6-3-5-10(14(12)17)15(18)11-8-19-13-7-2-1-4-9(11)13/h1-8,15,18H. The number of halogens is 2. The van der Waals surface area contributed by atoms with Crippen molar-refractivity contribution >= 4 is 44.6 Å². The van der Waals surface area contributed by atoms with Crippen LogP contribution in [0.2, 0.25) is 10.0 Å². The average Bonchev–Trinajstić information content (AvgIpc) is 2.85. The quantitative estimate of drug-likeness (QED) is 0.682. The fourth-order valence-corrected chi connectivity index (χ4v) is 3.50. The zero-order chi connectivity index (χ0) is 13.4. The fourth-order valence-electron chi connectivity index (χ4n) is 2.11. The molecule has 2 aromatic carbocycles. The lowest BCUT2D eigenvalue weighted by Gasteiger charge is -2.13. The molecule has 1 unspecified atom stereocenters. The zero-order valence-electron chi connectivity index (χ0n) is 9.81. The highest BCUT2D eigenvalue weighted by molar-refractivity contribution is 7.17. The Morgan fingerprint density at radius 2 is 1.74 bits per heavy atom. The van der Waals surface area contributed by atoms with Gasteiger partial charge in [-0.2, -0.15) is 0 Å². The van der Waals surface area contributed by atoms with Crippen LogP contribution in [0, 0.1) is 0 Å². The summed E-state index contributed by atoms with van der Waals surface area (Å²) in [6.07, 6.45) is -0.762. The number of rotatable bonds is 2. The van der Waals surface area contributed by atoms with Gasteiger partial charge in [-0.3, -0.25) is 0 Å². The lowest BCUT2D eigenvalue weighted by atomic mass is 10.0. The van der Waals surface area contributed by atoms with Crippen molar-refractivity contribution in [1.82, 2.24) is 0 Å². The van der Waals surface area contributed by atoms with E-state index in [1.165, 1.54) is 0 Å². The van der Waals surface area contributed by atoms with Crippen LogP contribution in [0.3, 0.4) is 0 Å². The molecule has 3 rings (SSSR count). The Kier molecular flexibility index (Phi) is 3.50. The van der Waals surface area contributed by atoms with Crippen molar-refractivity contribution in [1.29, 1.82) is 0 Å². The first kappa shape index (κ1) is 12.9. The van der Waals surface area contributed by atoms with Gasteiger partial charge in [-0.15, -0.1) is 11.3 Å². The zero-order valence-corrected chi connectivity index (χ0v) is 12.1. The summed E-state index contributed by atoms with van der Waals surface area (Å²) in [4.78, 5) is 0. The number of hydrogen-bond donors (Lipinski definition) is 1. The van der Waals surface area contributed by atoms with Crippen molar-refractivity contribution in [2.24, 2.45) is 0 Å². The summed E-state index contributed by atoms with van der Waals surface area (Å²) in [5.41, 5.74) is 1.50. The molecule has 0 radical (unpaired) electrons. The smallest absolute Gasteiger partial charge is 0.107 e. The summed E-state index contributed by atoms with van der Waals surface area (Å²) in [5, 5.41) is 14.4. The third-order valence-corrected chi connectivity index (χ3v) is 4.90. The monoisotopic (exact) mass is 308 g/mol. The third kappa shape index (κ3) is 2.26. The molecule has 0 saturated carbocycles. The summed E-state index contributed by atoms with van der Waals surface area (Å²) in [7, 11) is 0. The molecule has 0 amide bonds. The molecule has 0 aliphatic carbocycles. The van der Waals surface area contributed by atoms with Gasteiger partial charge < -0.3 is 5.11 Å². The Balaban J connectivity index is 2.13. The van der Waals surface area contributed by atoms with E-state index in [4.69, 9.17) is 23.2 Å². The van der Waals surface area contributed by atoms with Crippen molar-refractivity contribution in [2.75, 3.05) is 0 Å². The molecule has 96 valence electrons. The van der Waals surface area contributed by atoms with Crippen molar-refractivity contribution in [2.45, 2.75) is 6.10 Å². The Hall–Kier alpha value is -1.06. The molecule has 1 nitrogen and oxygen atoms in total. The summed E-state index contributed by atoms with van der Waals surface area (Å²) < 4.78 is 1.15. The minimum atomic E-state index is -0.762. The Morgan fingerprint density at radius 1 is 0.947 bits per heavy atom. The van der Waals surface area contributed by atoms with E-state index in [-0.39, 0.29) is 0 Å². The second-order valence-electron chi connectivity index (χ2n) is 4.23. The van der Waals surface area contributed by atoms with Crippen LogP contribution in [0.15, 0.2) is 47.8 Å². The Bertz CT molecular complexity index is 736. The Morgan fingerprint density at radius 3 is 2.58 bits per heavy atom. The number of aliphatic hydroxyl groups is 1. The molecule has 1 heterocycles. The number of aliphatic hydroxyl groups excluding tert-OH is 1. The van der Waals surface area contributed by atoms with Crippen LogP contribution in [0.5, 0.6) is 0 Å². The molecule has 0 aliphatic heterocycles. The molecule has 1 atom stereocenters. The largest absolute Gasteiger partial charge is 0.384 e. The molecular formula is C15H10Cl2OS. The van der Waals surface area contributed by atoms with Gasteiger partial charge >= 0.3 is 0 Å². The Labute approximate surface area is 125 Å². The number of fused-ring (bicyclic) bond motifs is 1. The predicted octanol–water partition coefficient (Wildman–Crippen LogP) is 5.29. The van der Waals surface area contributed by atoms with E-state index in [1.54, 1.807) is 29.5 Å². The molecule has 4 heteroatoms. The van der Waals surface area contributed by atoms with Gasteiger partial charge in [0.05, 0.1) is 10.0 Å². The fraction of sp³-hybridized carbons (Fsp3) is 0.0667. The third-order valence-electron chi connectivity index (χ3n) is 3.08. The molecule has 0 fully saturated rings. The molecule has 0 aliphatic rings. The molecule has 1 aromatic heterocycles. The van der Waals surface area contributed by atoms with Crippen LogP contribution in [0.25, 0.3) is 10.1 Å². The predicted molar refractivity (Wildman–Crippen MR) is 82.3 cm³/mol. The number of thiophene rings is 1. The lowest BCUT2D eigenvalue weighted by Crippen LogP contribution is -1.99. The van der Waals surface area contributed by atoms with E-state index in [0.717, 1.165) is 15.6 Å². The van der Waals surface area contributed by atoms with Gasteiger partial charge in [0, 0.05) is 15.8 Å². The second kappa shape index (κ2) is 5.14. The number of benzene rings is 2. The highest BCUT2D eigenvalue weighted by atomic mass is 35.5. The average molecular weight is 309 g/mol. The van der Waals surface area contributed by atoms with E-state index in [2.05, 4.69) is 0 Å². The van der Waals surface area contributed by atoms with E-state index < -0.39 is 6.10 Å². The first-order chi connectivity index (χ1) is 9.18. The van der Waals surface area contributed by atoms with Gasteiger partial charge in [0.25, 0.3) is 0 Å². The minimum absolute atomic E-state index is 0.409. The van der Waals surface area contributed by atoms with E-state index in [9.17, 15) is 5.11 Å². The topological polar surface area (TPSA) is 20.2 Å². The normalized spacial score (nSPS) is 12.8. The molecule has 19 heavy (non-hydrogen) atoms. The molecule has 3 aromatic rings. The van der Waals surface area contributed by atoms with E-state index >= 15 is 0 Å². The maximum absolute atomic E-state index is 10.5. The van der Waals surface area contributed by atoms with Crippen LogP contribution < -0.4 is 0 Å². The molecule has 1 N–H and O–H groups in total. The summed E-state index contributed by atoms with van der Waals surface area (Å²) in [6, 6.07) is 13.3. The lowest BCUT2D eigenvalue weighted by molar-refractivity contribution is 0.222. The van der Waals surface area contributed by atoms with Crippen molar-refractivity contribution in [3.63, 3.8) is 0 Å². The molecular weight excluding hydrogens is 299 g/mol. The van der Waals surface area contributed by atoms with Crippen LogP contribution in [0.4, 0.5) is 0 Å². The van der Waals surface area contributed by atoms with Gasteiger partial charge in [0.1, 0.15) is 6.10 Å². The van der Waals surface area contributed by atoms with Crippen molar-refractivity contribution in [3.8, 4) is 0 Å².